The van der Waals surface area contributed by atoms with Crippen LogP contribution in [-0.2, 0) is 16.1 Å². The zero-order chi connectivity index (χ0) is 17.6. The van der Waals surface area contributed by atoms with Gasteiger partial charge in [0.05, 0.1) is 5.02 Å². The minimum atomic E-state index is -1.26. The zero-order valence-corrected chi connectivity index (χ0v) is 13.0. The first kappa shape index (κ1) is 18.7. The number of carboxylic acids is 2. The summed E-state index contributed by atoms with van der Waals surface area (Å²) >= 11 is 5.73. The van der Waals surface area contributed by atoms with Crippen LogP contribution < -0.4 is 5.73 Å². The molecule has 124 valence electrons. The van der Waals surface area contributed by atoms with Crippen molar-refractivity contribution < 1.29 is 24.2 Å². The molecule has 23 heavy (non-hydrogen) atoms. The SMILES string of the molecule is CC(N)Cn1ccc2cc(F)c(Cl)cc21.O=C(O)C=CC(=O)O. The number of fused-ring (bicyclic) bond motifs is 1. The molecule has 0 saturated heterocycles. The van der Waals surface area contributed by atoms with Crippen LogP contribution in [-0.4, -0.2) is 32.8 Å². The maximum atomic E-state index is 13.2. The molecule has 1 atom stereocenters. The molecule has 0 saturated carbocycles. The standard InChI is InChI=1S/C11H12ClFN2.C4H4O4/c1-7(14)6-15-3-2-8-4-10(13)9(12)5-11(8)15;5-3(6)1-2-4(7)8/h2-5,7H,6,14H2,1H3;1-2H,(H,5,6)(H,7,8). The summed E-state index contributed by atoms with van der Waals surface area (Å²) in [7, 11) is 0. The lowest BCUT2D eigenvalue weighted by molar-refractivity contribution is -0.134. The lowest BCUT2D eigenvalue weighted by Gasteiger charge is -2.08. The van der Waals surface area contributed by atoms with Crippen LogP contribution in [0, 0.1) is 5.82 Å². The molecule has 0 radical (unpaired) electrons. The first-order valence-electron chi connectivity index (χ1n) is 6.54. The van der Waals surface area contributed by atoms with E-state index >= 15 is 0 Å². The number of rotatable bonds is 4. The molecular formula is C15H16ClFN2O4. The van der Waals surface area contributed by atoms with Gasteiger partial charge in [0.15, 0.2) is 0 Å². The van der Waals surface area contributed by atoms with Gasteiger partial charge in [-0.1, -0.05) is 11.6 Å². The van der Waals surface area contributed by atoms with E-state index in [9.17, 15) is 14.0 Å². The molecule has 0 bridgehead atoms. The van der Waals surface area contributed by atoms with E-state index in [0.717, 1.165) is 10.9 Å². The van der Waals surface area contributed by atoms with E-state index < -0.39 is 11.9 Å². The Bertz CT molecular complexity index is 724. The molecule has 6 nitrogen and oxygen atoms in total. The summed E-state index contributed by atoms with van der Waals surface area (Å²) in [6, 6.07) is 4.99. The van der Waals surface area contributed by atoms with E-state index in [0.29, 0.717) is 18.7 Å². The van der Waals surface area contributed by atoms with Crippen molar-refractivity contribution in [3.05, 3.63) is 47.4 Å². The largest absolute Gasteiger partial charge is 0.478 e. The van der Waals surface area contributed by atoms with Crippen molar-refractivity contribution in [1.82, 2.24) is 4.57 Å². The monoisotopic (exact) mass is 342 g/mol. The van der Waals surface area contributed by atoms with Gasteiger partial charge in [0, 0.05) is 41.8 Å². The number of halogens is 2. The van der Waals surface area contributed by atoms with Crippen LogP contribution in [0.3, 0.4) is 0 Å². The first-order valence-corrected chi connectivity index (χ1v) is 6.92. The van der Waals surface area contributed by atoms with Crippen LogP contribution in [0.1, 0.15) is 6.92 Å². The molecule has 1 heterocycles. The maximum Gasteiger partial charge on any atom is 0.328 e. The number of nitrogens with two attached hydrogens (primary N) is 1. The second-order valence-corrected chi connectivity index (χ2v) is 5.19. The first-order chi connectivity index (χ1) is 10.7. The van der Waals surface area contributed by atoms with Gasteiger partial charge in [-0.25, -0.2) is 14.0 Å². The van der Waals surface area contributed by atoms with Crippen LogP contribution in [0.4, 0.5) is 4.39 Å². The lowest BCUT2D eigenvalue weighted by atomic mass is 10.2. The van der Waals surface area contributed by atoms with Crippen molar-refractivity contribution in [2.45, 2.75) is 19.5 Å². The van der Waals surface area contributed by atoms with E-state index in [1.165, 1.54) is 6.07 Å². The summed E-state index contributed by atoms with van der Waals surface area (Å²) in [5, 5.41) is 16.6. The van der Waals surface area contributed by atoms with Crippen molar-refractivity contribution in [2.24, 2.45) is 5.73 Å². The van der Waals surface area contributed by atoms with Crippen LogP contribution in [0.15, 0.2) is 36.5 Å². The smallest absolute Gasteiger partial charge is 0.328 e. The minimum absolute atomic E-state index is 0.0597. The minimum Gasteiger partial charge on any atom is -0.478 e. The summed E-state index contributed by atoms with van der Waals surface area (Å²) in [4.78, 5) is 19.1. The van der Waals surface area contributed by atoms with Crippen molar-refractivity contribution in [1.29, 1.82) is 0 Å². The molecule has 0 fully saturated rings. The predicted molar refractivity (Wildman–Crippen MR) is 85.0 cm³/mol. The Kier molecular flexibility index (Phi) is 6.74. The Morgan fingerprint density at radius 2 is 1.91 bits per heavy atom. The average Bonchev–Trinajstić information content (AvgIpc) is 2.79. The van der Waals surface area contributed by atoms with Crippen LogP contribution in [0.25, 0.3) is 10.9 Å². The summed E-state index contributed by atoms with van der Waals surface area (Å²) in [6.07, 6.45) is 3.01. The average molecular weight is 343 g/mol. The molecule has 0 amide bonds. The zero-order valence-electron chi connectivity index (χ0n) is 12.2. The molecule has 2 rings (SSSR count). The Morgan fingerprint density at radius 1 is 1.35 bits per heavy atom. The molecule has 1 unspecified atom stereocenters. The normalized spacial score (nSPS) is 12.0. The number of aromatic nitrogens is 1. The van der Waals surface area contributed by atoms with Crippen LogP contribution in [0.2, 0.25) is 5.02 Å². The Labute approximate surface area is 136 Å². The Balaban J connectivity index is 0.000000284. The Morgan fingerprint density at radius 3 is 2.39 bits per heavy atom. The number of carboxylic acid groups (broad SMARTS) is 2. The molecule has 1 aromatic carbocycles. The molecular weight excluding hydrogens is 327 g/mol. The second-order valence-electron chi connectivity index (χ2n) is 4.78. The van der Waals surface area contributed by atoms with Gasteiger partial charge in [-0.15, -0.1) is 0 Å². The number of aliphatic carboxylic acids is 2. The molecule has 0 spiro atoms. The number of carbonyl (C=O) groups is 2. The highest BCUT2D eigenvalue weighted by Crippen LogP contribution is 2.23. The topological polar surface area (TPSA) is 106 Å². The van der Waals surface area contributed by atoms with Gasteiger partial charge in [-0.05, 0) is 25.1 Å². The molecule has 0 aliphatic rings. The number of hydrogen-bond acceptors (Lipinski definition) is 3. The third kappa shape index (κ3) is 6.09. The molecule has 4 N–H and O–H groups in total. The summed E-state index contributed by atoms with van der Waals surface area (Å²) in [6.45, 7) is 2.63. The molecule has 2 aromatic rings. The van der Waals surface area contributed by atoms with Gasteiger partial charge >= 0.3 is 11.9 Å². The highest BCUT2D eigenvalue weighted by molar-refractivity contribution is 6.31. The predicted octanol–water partition coefficient (Wildman–Crippen LogP) is 2.49. The van der Waals surface area contributed by atoms with Gasteiger partial charge < -0.3 is 20.5 Å². The second kappa shape index (κ2) is 8.30. The van der Waals surface area contributed by atoms with Crippen LogP contribution in [0.5, 0.6) is 0 Å². The van der Waals surface area contributed by atoms with Crippen molar-refractivity contribution >= 4 is 34.4 Å². The van der Waals surface area contributed by atoms with Crippen molar-refractivity contribution in [3.8, 4) is 0 Å². The third-order valence-electron chi connectivity index (χ3n) is 2.67. The maximum absolute atomic E-state index is 13.2. The van der Waals surface area contributed by atoms with E-state index in [2.05, 4.69) is 0 Å². The highest BCUT2D eigenvalue weighted by Gasteiger charge is 2.07. The number of hydrogen-bond donors (Lipinski definition) is 3. The van der Waals surface area contributed by atoms with Gasteiger partial charge in [0.1, 0.15) is 5.82 Å². The van der Waals surface area contributed by atoms with Crippen molar-refractivity contribution in [3.63, 3.8) is 0 Å². The van der Waals surface area contributed by atoms with E-state index in [1.54, 1.807) is 6.07 Å². The molecule has 0 aliphatic carbocycles. The van der Waals surface area contributed by atoms with E-state index in [-0.39, 0.29) is 16.9 Å². The van der Waals surface area contributed by atoms with E-state index in [1.807, 2.05) is 23.8 Å². The molecule has 0 aliphatic heterocycles. The van der Waals surface area contributed by atoms with Gasteiger partial charge in [0.2, 0.25) is 0 Å². The van der Waals surface area contributed by atoms with Gasteiger partial charge in [-0.2, -0.15) is 0 Å². The fraction of sp³-hybridized carbons (Fsp3) is 0.200. The highest BCUT2D eigenvalue weighted by atomic mass is 35.5. The summed E-state index contributed by atoms with van der Waals surface area (Å²) < 4.78 is 15.1. The summed E-state index contributed by atoms with van der Waals surface area (Å²) in [5.41, 5.74) is 6.63. The quantitative estimate of drug-likeness (QED) is 0.740. The number of nitrogens with zero attached hydrogens (tertiary/aromatic N) is 1. The van der Waals surface area contributed by atoms with Gasteiger partial charge in [0.25, 0.3) is 0 Å². The fourth-order valence-electron chi connectivity index (χ4n) is 1.80. The third-order valence-corrected chi connectivity index (χ3v) is 2.96. The number of benzene rings is 1. The van der Waals surface area contributed by atoms with Gasteiger partial charge in [-0.3, -0.25) is 0 Å². The molecule has 1 aromatic heterocycles. The van der Waals surface area contributed by atoms with E-state index in [4.69, 9.17) is 27.5 Å². The van der Waals surface area contributed by atoms with Crippen molar-refractivity contribution in [2.75, 3.05) is 0 Å². The Hall–Kier alpha value is -2.38. The fourth-order valence-corrected chi connectivity index (χ4v) is 1.95. The summed E-state index contributed by atoms with van der Waals surface area (Å²) in [5.74, 6) is -2.90. The lowest BCUT2D eigenvalue weighted by Crippen LogP contribution is -2.21. The molecule has 8 heteroatoms. The van der Waals surface area contributed by atoms with Crippen LogP contribution >= 0.6 is 11.6 Å².